The molecular weight excluding hydrogens is 341 g/mol. The highest BCUT2D eigenvalue weighted by molar-refractivity contribution is 7.78. The van der Waals surface area contributed by atoms with Gasteiger partial charge in [-0.25, -0.2) is 4.90 Å². The van der Waals surface area contributed by atoms with Gasteiger partial charge in [-0.1, -0.05) is 65.1 Å². The Morgan fingerprint density at radius 1 is 0.846 bits per heavy atom. The summed E-state index contributed by atoms with van der Waals surface area (Å²) in [5, 5.41) is 0.988. The van der Waals surface area contributed by atoms with Gasteiger partial charge in [0.25, 0.3) is 5.91 Å². The van der Waals surface area contributed by atoms with Crippen LogP contribution in [0.5, 0.6) is 0 Å². The predicted molar refractivity (Wildman–Crippen MR) is 115 cm³/mol. The van der Waals surface area contributed by atoms with E-state index in [2.05, 4.69) is 20.8 Å². The van der Waals surface area contributed by atoms with Gasteiger partial charge in [0.05, 0.1) is 12.1 Å². The van der Waals surface area contributed by atoms with Gasteiger partial charge in [0.1, 0.15) is 0 Å². The van der Waals surface area contributed by atoms with Crippen LogP contribution in [0.4, 0.5) is 5.69 Å². The van der Waals surface area contributed by atoms with Gasteiger partial charge < -0.3 is 0 Å². The Bertz CT molecular complexity index is 637. The number of benzene rings is 1. The molecule has 0 radical (unpaired) electrons. The zero-order valence-electron chi connectivity index (χ0n) is 16.7. The van der Waals surface area contributed by atoms with Crippen LogP contribution in [-0.4, -0.2) is 35.6 Å². The minimum absolute atomic E-state index is 0.00200. The number of rotatable bonds is 10. The molecule has 1 fully saturated rings. The molecule has 1 aliphatic rings. The summed E-state index contributed by atoms with van der Waals surface area (Å²) in [4.78, 5) is 27.6. The topological polar surface area (TPSA) is 37.4 Å². The fourth-order valence-electron chi connectivity index (χ4n) is 3.87. The number of imide groups is 1. The lowest BCUT2D eigenvalue weighted by atomic mass is 10.3. The minimum atomic E-state index is -1.54. The molecule has 3 nitrogen and oxygen atoms in total. The van der Waals surface area contributed by atoms with Crippen LogP contribution >= 0.6 is 6.89 Å². The third-order valence-corrected chi connectivity index (χ3v) is 10.4. The van der Waals surface area contributed by atoms with Gasteiger partial charge >= 0.3 is 0 Å². The Morgan fingerprint density at radius 3 is 1.81 bits per heavy atom. The van der Waals surface area contributed by atoms with E-state index in [1.807, 2.05) is 30.3 Å². The molecular formula is C22H34NO2P. The molecule has 1 aliphatic heterocycles. The largest absolute Gasteiger partial charge is 0.274 e. The van der Waals surface area contributed by atoms with E-state index >= 15 is 0 Å². The normalized spacial score (nSPS) is 15.2. The molecule has 0 atom stereocenters. The number of hydrogen-bond donors (Lipinski definition) is 0. The molecule has 0 aliphatic carbocycles. The lowest BCUT2D eigenvalue weighted by Crippen LogP contribution is -2.31. The summed E-state index contributed by atoms with van der Waals surface area (Å²) in [6, 6.07) is 9.43. The Balaban J connectivity index is 2.49. The SMILES string of the molecule is CCCCP(CCCC)(CCCC)=C1CC(=O)N(c2ccccc2)C1=O. The van der Waals surface area contributed by atoms with Crippen molar-refractivity contribution in [2.45, 2.75) is 65.7 Å². The summed E-state index contributed by atoms with van der Waals surface area (Å²) < 4.78 is 0. The van der Waals surface area contributed by atoms with Crippen LogP contribution in [0.2, 0.25) is 0 Å². The van der Waals surface area contributed by atoms with E-state index in [1.165, 1.54) is 4.90 Å². The molecule has 0 unspecified atom stereocenters. The van der Waals surface area contributed by atoms with Gasteiger partial charge in [-0.15, -0.1) is 0 Å². The summed E-state index contributed by atoms with van der Waals surface area (Å²) in [5.74, 6) is -0.0390. The summed E-state index contributed by atoms with van der Waals surface area (Å²) in [7, 11) is 0. The summed E-state index contributed by atoms with van der Waals surface area (Å²) in [5.41, 5.74) is 0.720. The van der Waals surface area contributed by atoms with Gasteiger partial charge in [-0.2, -0.15) is 0 Å². The smallest absolute Gasteiger partial charge is 0.261 e. The predicted octanol–water partition coefficient (Wildman–Crippen LogP) is 5.54. The van der Waals surface area contributed by atoms with Crippen molar-refractivity contribution in [1.82, 2.24) is 0 Å². The van der Waals surface area contributed by atoms with Crippen LogP contribution in [-0.2, 0) is 9.59 Å². The number of nitrogens with zero attached hydrogens (tertiary/aromatic N) is 1. The molecule has 2 rings (SSSR count). The Kier molecular flexibility index (Phi) is 8.15. The quantitative estimate of drug-likeness (QED) is 0.398. The Hall–Kier alpha value is -1.34. The molecule has 1 heterocycles. The second kappa shape index (κ2) is 10.1. The van der Waals surface area contributed by atoms with Gasteiger partial charge in [0, 0.05) is 5.29 Å². The average Bonchev–Trinajstić information content (AvgIpc) is 2.97. The maximum absolute atomic E-state index is 13.3. The third-order valence-electron chi connectivity index (χ3n) is 5.42. The highest BCUT2D eigenvalue weighted by atomic mass is 31.2. The maximum Gasteiger partial charge on any atom is 0.261 e. The number of amides is 2. The molecule has 0 saturated carbocycles. The van der Waals surface area contributed by atoms with Gasteiger partial charge in [-0.05, 0) is 49.9 Å². The second-order valence-corrected chi connectivity index (χ2v) is 11.5. The first kappa shape index (κ1) is 21.0. The standard InChI is InChI=1S/C22H34NO2P/c1-4-7-15-26(16-8-5-2,17-9-6-3)20-18-21(24)23(22(20)25)19-13-11-10-12-14-19/h10-14H,4-9,15-18H2,1-3H3. The second-order valence-electron chi connectivity index (χ2n) is 7.37. The van der Waals surface area contributed by atoms with Crippen LogP contribution in [0.25, 0.3) is 0 Å². The molecule has 0 spiro atoms. The van der Waals surface area contributed by atoms with E-state index in [1.54, 1.807) is 0 Å². The van der Waals surface area contributed by atoms with Crippen molar-refractivity contribution in [1.29, 1.82) is 0 Å². The third kappa shape index (κ3) is 4.68. The van der Waals surface area contributed by atoms with Gasteiger partial charge in [0.2, 0.25) is 5.91 Å². The van der Waals surface area contributed by atoms with Crippen molar-refractivity contribution in [2.75, 3.05) is 23.4 Å². The van der Waals surface area contributed by atoms with Gasteiger partial charge in [0.15, 0.2) is 0 Å². The van der Waals surface area contributed by atoms with E-state index in [0.717, 1.165) is 68.0 Å². The highest BCUT2D eigenvalue weighted by Crippen LogP contribution is 2.53. The highest BCUT2D eigenvalue weighted by Gasteiger charge is 2.40. The van der Waals surface area contributed by atoms with Crippen molar-refractivity contribution >= 4 is 29.7 Å². The van der Waals surface area contributed by atoms with Crippen LogP contribution in [0.1, 0.15) is 65.7 Å². The average molecular weight is 375 g/mol. The van der Waals surface area contributed by atoms with Crippen molar-refractivity contribution in [3.8, 4) is 0 Å². The monoisotopic (exact) mass is 375 g/mol. The van der Waals surface area contributed by atoms with Crippen molar-refractivity contribution in [3.63, 3.8) is 0 Å². The first-order valence-corrected chi connectivity index (χ1v) is 12.6. The molecule has 0 bridgehead atoms. The van der Waals surface area contributed by atoms with Crippen molar-refractivity contribution in [3.05, 3.63) is 30.3 Å². The molecule has 0 aromatic heterocycles. The lowest BCUT2D eigenvalue weighted by Gasteiger charge is -2.29. The van der Waals surface area contributed by atoms with E-state index < -0.39 is 6.89 Å². The molecule has 4 heteroatoms. The first-order chi connectivity index (χ1) is 12.6. The van der Waals surface area contributed by atoms with E-state index in [4.69, 9.17) is 0 Å². The van der Waals surface area contributed by atoms with E-state index in [9.17, 15) is 9.59 Å². The van der Waals surface area contributed by atoms with Crippen LogP contribution in [0, 0.1) is 0 Å². The van der Waals surface area contributed by atoms with E-state index in [0.29, 0.717) is 6.42 Å². The van der Waals surface area contributed by atoms with Crippen LogP contribution in [0.15, 0.2) is 30.3 Å². The lowest BCUT2D eigenvalue weighted by molar-refractivity contribution is -0.120. The first-order valence-electron chi connectivity index (χ1n) is 10.2. The number of anilines is 1. The zero-order valence-corrected chi connectivity index (χ0v) is 17.6. The van der Waals surface area contributed by atoms with Crippen LogP contribution in [0.3, 0.4) is 0 Å². The molecule has 1 saturated heterocycles. The number of para-hydroxylation sites is 1. The summed E-state index contributed by atoms with van der Waals surface area (Å²) in [6.07, 6.45) is 10.7. The molecule has 0 N–H and O–H groups in total. The molecule has 2 amide bonds. The Morgan fingerprint density at radius 2 is 1.35 bits per heavy atom. The minimum Gasteiger partial charge on any atom is -0.274 e. The summed E-state index contributed by atoms with van der Waals surface area (Å²) >= 11 is 0. The molecule has 1 aromatic carbocycles. The number of unbranched alkanes of at least 4 members (excludes halogenated alkanes) is 3. The maximum atomic E-state index is 13.3. The molecule has 26 heavy (non-hydrogen) atoms. The molecule has 144 valence electrons. The van der Waals surface area contributed by atoms with Crippen LogP contribution < -0.4 is 4.90 Å². The summed E-state index contributed by atoms with van der Waals surface area (Å²) in [6.45, 7) is 5.12. The number of hydrogen-bond acceptors (Lipinski definition) is 2. The number of carbonyl (C=O) groups is 2. The Labute approximate surface area is 159 Å². The fraction of sp³-hybridized carbons (Fsp3) is 0.591. The van der Waals surface area contributed by atoms with Gasteiger partial charge in [-0.3, -0.25) is 9.59 Å². The van der Waals surface area contributed by atoms with Crippen molar-refractivity contribution < 1.29 is 9.59 Å². The number of carbonyl (C=O) groups excluding carboxylic acids is 2. The van der Waals surface area contributed by atoms with E-state index in [-0.39, 0.29) is 11.8 Å². The molecule has 1 aromatic rings. The fourth-order valence-corrected chi connectivity index (χ4v) is 9.09. The van der Waals surface area contributed by atoms with Crippen molar-refractivity contribution in [2.24, 2.45) is 0 Å². The zero-order chi connectivity index (χ0) is 19.0.